The SMILES string of the molecule is CC1CCCCN1C(=O)Cn1cc(CCC(O)Cc2ccc(F)cc2)nn1. The molecule has 1 fully saturated rings. The van der Waals surface area contributed by atoms with E-state index < -0.39 is 6.10 Å². The Balaban J connectivity index is 1.46. The quantitative estimate of drug-likeness (QED) is 0.808. The molecular weight excluding hydrogens is 347 g/mol. The van der Waals surface area contributed by atoms with Gasteiger partial charge in [0.2, 0.25) is 5.91 Å². The number of likely N-dealkylation sites (tertiary alicyclic amines) is 1. The zero-order chi connectivity index (χ0) is 19.2. The second-order valence-electron chi connectivity index (χ2n) is 7.36. The predicted octanol–water partition coefficient (Wildman–Crippen LogP) is 2.35. The summed E-state index contributed by atoms with van der Waals surface area (Å²) >= 11 is 0. The number of halogens is 1. The molecule has 3 rings (SSSR count). The van der Waals surface area contributed by atoms with Crippen LogP contribution in [0.25, 0.3) is 0 Å². The number of benzene rings is 1. The van der Waals surface area contributed by atoms with Crippen molar-refractivity contribution in [2.24, 2.45) is 0 Å². The van der Waals surface area contributed by atoms with Gasteiger partial charge in [-0.25, -0.2) is 9.07 Å². The van der Waals surface area contributed by atoms with Crippen LogP contribution in [0.5, 0.6) is 0 Å². The van der Waals surface area contributed by atoms with Crippen LogP contribution in [0.2, 0.25) is 0 Å². The summed E-state index contributed by atoms with van der Waals surface area (Å²) in [5, 5.41) is 18.3. The molecule has 1 aliphatic heterocycles. The van der Waals surface area contributed by atoms with Gasteiger partial charge < -0.3 is 10.0 Å². The van der Waals surface area contributed by atoms with E-state index in [0.717, 1.165) is 30.6 Å². The summed E-state index contributed by atoms with van der Waals surface area (Å²) in [6.07, 6.45) is 6.13. The summed E-state index contributed by atoms with van der Waals surface area (Å²) in [5.41, 5.74) is 1.65. The number of aliphatic hydroxyl groups excluding tert-OH is 1. The van der Waals surface area contributed by atoms with Gasteiger partial charge in [-0.3, -0.25) is 4.79 Å². The topological polar surface area (TPSA) is 71.2 Å². The van der Waals surface area contributed by atoms with Crippen LogP contribution < -0.4 is 0 Å². The van der Waals surface area contributed by atoms with Gasteiger partial charge >= 0.3 is 0 Å². The number of piperidine rings is 1. The molecule has 0 saturated carbocycles. The molecule has 1 aromatic heterocycles. The molecule has 146 valence electrons. The van der Waals surface area contributed by atoms with Crippen molar-refractivity contribution in [2.75, 3.05) is 6.54 Å². The third-order valence-electron chi connectivity index (χ3n) is 5.12. The lowest BCUT2D eigenvalue weighted by atomic mass is 10.0. The fourth-order valence-corrected chi connectivity index (χ4v) is 3.54. The van der Waals surface area contributed by atoms with Crippen molar-refractivity contribution in [3.63, 3.8) is 0 Å². The van der Waals surface area contributed by atoms with Crippen LogP contribution in [-0.4, -0.2) is 49.6 Å². The molecule has 1 aliphatic rings. The molecule has 1 aromatic carbocycles. The van der Waals surface area contributed by atoms with Crippen LogP contribution in [0.15, 0.2) is 30.5 Å². The highest BCUT2D eigenvalue weighted by Crippen LogP contribution is 2.17. The van der Waals surface area contributed by atoms with Crippen LogP contribution in [0.4, 0.5) is 4.39 Å². The lowest BCUT2D eigenvalue weighted by Crippen LogP contribution is -2.43. The Bertz CT molecular complexity index is 747. The van der Waals surface area contributed by atoms with E-state index in [0.29, 0.717) is 19.3 Å². The summed E-state index contributed by atoms with van der Waals surface area (Å²) in [7, 11) is 0. The molecule has 1 saturated heterocycles. The first-order valence-electron chi connectivity index (χ1n) is 9.62. The Labute approximate surface area is 159 Å². The van der Waals surface area contributed by atoms with E-state index >= 15 is 0 Å². The smallest absolute Gasteiger partial charge is 0.244 e. The van der Waals surface area contributed by atoms with E-state index in [-0.39, 0.29) is 24.3 Å². The maximum absolute atomic E-state index is 12.9. The lowest BCUT2D eigenvalue weighted by molar-refractivity contribution is -0.135. The normalized spacial score (nSPS) is 18.5. The fraction of sp³-hybridized carbons (Fsp3) is 0.550. The molecule has 1 amide bonds. The van der Waals surface area contributed by atoms with E-state index in [4.69, 9.17) is 0 Å². The highest BCUT2D eigenvalue weighted by atomic mass is 19.1. The molecule has 27 heavy (non-hydrogen) atoms. The lowest BCUT2D eigenvalue weighted by Gasteiger charge is -2.33. The van der Waals surface area contributed by atoms with Crippen molar-refractivity contribution in [3.8, 4) is 0 Å². The zero-order valence-corrected chi connectivity index (χ0v) is 15.7. The molecule has 6 nitrogen and oxygen atoms in total. The molecule has 0 bridgehead atoms. The molecule has 0 radical (unpaired) electrons. The molecule has 2 atom stereocenters. The number of nitrogens with zero attached hydrogens (tertiary/aromatic N) is 4. The summed E-state index contributed by atoms with van der Waals surface area (Å²) in [4.78, 5) is 14.4. The van der Waals surface area contributed by atoms with Crippen LogP contribution in [0, 0.1) is 5.82 Å². The van der Waals surface area contributed by atoms with Crippen molar-refractivity contribution >= 4 is 5.91 Å². The Kier molecular flexibility index (Phi) is 6.55. The maximum Gasteiger partial charge on any atom is 0.244 e. The number of aromatic nitrogens is 3. The van der Waals surface area contributed by atoms with Gasteiger partial charge in [-0.2, -0.15) is 0 Å². The standard InChI is InChI=1S/C20H27FN4O2/c1-15-4-2-3-11-25(15)20(27)14-24-13-18(22-23-24)9-10-19(26)12-16-5-7-17(21)8-6-16/h5-8,13,15,19,26H,2-4,9-12,14H2,1H3. The van der Waals surface area contributed by atoms with Crippen LogP contribution in [0.1, 0.15) is 43.9 Å². The first-order valence-corrected chi connectivity index (χ1v) is 9.62. The van der Waals surface area contributed by atoms with Crippen LogP contribution in [0.3, 0.4) is 0 Å². The van der Waals surface area contributed by atoms with Crippen molar-refractivity contribution in [1.82, 2.24) is 19.9 Å². The molecule has 1 N–H and O–H groups in total. The average Bonchev–Trinajstić information content (AvgIpc) is 3.09. The number of rotatable bonds is 7. The van der Waals surface area contributed by atoms with Crippen LogP contribution in [-0.2, 0) is 24.2 Å². The molecule has 2 aromatic rings. The zero-order valence-electron chi connectivity index (χ0n) is 15.7. The summed E-state index contributed by atoms with van der Waals surface area (Å²) < 4.78 is 14.5. The van der Waals surface area contributed by atoms with E-state index in [1.165, 1.54) is 18.6 Å². The summed E-state index contributed by atoms with van der Waals surface area (Å²) in [5.74, 6) is -0.201. The van der Waals surface area contributed by atoms with E-state index in [1.807, 2.05) is 4.90 Å². The molecular formula is C20H27FN4O2. The van der Waals surface area contributed by atoms with Gasteiger partial charge in [-0.15, -0.1) is 5.10 Å². The minimum atomic E-state index is -0.531. The predicted molar refractivity (Wildman–Crippen MR) is 99.5 cm³/mol. The van der Waals surface area contributed by atoms with E-state index in [9.17, 15) is 14.3 Å². The summed E-state index contributed by atoms with van der Waals surface area (Å²) in [6, 6.07) is 6.45. The Morgan fingerprint density at radius 3 is 2.85 bits per heavy atom. The van der Waals surface area contributed by atoms with Crippen molar-refractivity contribution in [1.29, 1.82) is 0 Å². The molecule has 7 heteroatoms. The van der Waals surface area contributed by atoms with E-state index in [2.05, 4.69) is 17.2 Å². The number of aryl methyl sites for hydroxylation is 1. The molecule has 2 unspecified atom stereocenters. The van der Waals surface area contributed by atoms with Crippen LogP contribution >= 0.6 is 0 Å². The highest BCUT2D eigenvalue weighted by molar-refractivity contribution is 5.76. The van der Waals surface area contributed by atoms with Gasteiger partial charge in [0.1, 0.15) is 12.4 Å². The minimum absolute atomic E-state index is 0.0787. The highest BCUT2D eigenvalue weighted by Gasteiger charge is 2.23. The molecule has 2 heterocycles. The summed E-state index contributed by atoms with van der Waals surface area (Å²) in [6.45, 7) is 3.11. The number of hydrogen-bond acceptors (Lipinski definition) is 4. The number of hydrogen-bond donors (Lipinski definition) is 1. The Morgan fingerprint density at radius 2 is 2.11 bits per heavy atom. The van der Waals surface area contributed by atoms with Gasteiger partial charge in [-0.1, -0.05) is 17.3 Å². The largest absolute Gasteiger partial charge is 0.393 e. The van der Waals surface area contributed by atoms with Crippen molar-refractivity contribution < 1.29 is 14.3 Å². The first kappa shape index (κ1) is 19.5. The number of carbonyl (C=O) groups is 1. The third kappa shape index (κ3) is 5.60. The number of amides is 1. The van der Waals surface area contributed by atoms with Crippen molar-refractivity contribution in [2.45, 2.75) is 64.1 Å². The van der Waals surface area contributed by atoms with Gasteiger partial charge in [0.25, 0.3) is 0 Å². The first-order chi connectivity index (χ1) is 13.0. The number of aliphatic hydroxyl groups is 1. The second kappa shape index (κ2) is 9.08. The molecule has 0 spiro atoms. The number of carbonyl (C=O) groups excluding carboxylic acids is 1. The van der Waals surface area contributed by atoms with Gasteiger partial charge in [-0.05, 0) is 63.1 Å². The van der Waals surface area contributed by atoms with Gasteiger partial charge in [0.05, 0.1) is 11.8 Å². The fourth-order valence-electron chi connectivity index (χ4n) is 3.54. The minimum Gasteiger partial charge on any atom is -0.393 e. The van der Waals surface area contributed by atoms with Crippen molar-refractivity contribution in [3.05, 3.63) is 47.5 Å². The Morgan fingerprint density at radius 1 is 1.33 bits per heavy atom. The maximum atomic E-state index is 12.9. The average molecular weight is 374 g/mol. The monoisotopic (exact) mass is 374 g/mol. The Hall–Kier alpha value is -2.28. The second-order valence-corrected chi connectivity index (χ2v) is 7.36. The van der Waals surface area contributed by atoms with Gasteiger partial charge in [0.15, 0.2) is 0 Å². The van der Waals surface area contributed by atoms with Gasteiger partial charge in [0, 0.05) is 18.8 Å². The molecule has 0 aliphatic carbocycles. The third-order valence-corrected chi connectivity index (χ3v) is 5.12. The van der Waals surface area contributed by atoms with E-state index in [1.54, 1.807) is 23.0 Å².